The minimum Gasteiger partial charge on any atom is -0.361 e. The molecule has 1 spiro atoms. The summed E-state index contributed by atoms with van der Waals surface area (Å²) in [5.74, 6) is -2.45. The molecule has 7 heteroatoms. The summed E-state index contributed by atoms with van der Waals surface area (Å²) in [5, 5.41) is 6.54. The molecular weight excluding hydrogens is 280 g/mol. The lowest BCUT2D eigenvalue weighted by Gasteiger charge is -2.42. The first kappa shape index (κ1) is 14.4. The molecule has 0 radical (unpaired) electrons. The van der Waals surface area contributed by atoms with E-state index in [4.69, 9.17) is 4.52 Å². The highest BCUT2D eigenvalue weighted by Crippen LogP contribution is 2.43. The molecule has 5 nitrogen and oxygen atoms in total. The van der Waals surface area contributed by atoms with Crippen molar-refractivity contribution in [3.63, 3.8) is 0 Å². The van der Waals surface area contributed by atoms with Crippen molar-refractivity contribution in [3.8, 4) is 0 Å². The van der Waals surface area contributed by atoms with E-state index in [2.05, 4.69) is 10.5 Å². The number of nitrogens with one attached hydrogen (secondary N) is 1. The Bertz CT molecular complexity index is 553. The van der Waals surface area contributed by atoms with Gasteiger partial charge in [-0.2, -0.15) is 0 Å². The molecule has 1 aromatic rings. The third-order valence-electron chi connectivity index (χ3n) is 4.51. The van der Waals surface area contributed by atoms with Gasteiger partial charge in [0.15, 0.2) is 0 Å². The summed E-state index contributed by atoms with van der Waals surface area (Å²) in [6.45, 7) is 4.42. The van der Waals surface area contributed by atoms with Crippen LogP contribution in [0.1, 0.15) is 29.9 Å². The highest BCUT2D eigenvalue weighted by atomic mass is 19.3. The average Bonchev–Trinajstić information content (AvgIpc) is 2.85. The van der Waals surface area contributed by atoms with Gasteiger partial charge in [0, 0.05) is 31.6 Å². The Morgan fingerprint density at radius 2 is 2.14 bits per heavy atom. The van der Waals surface area contributed by atoms with Gasteiger partial charge in [-0.15, -0.1) is 0 Å². The molecule has 0 aromatic carbocycles. The molecule has 1 unspecified atom stereocenters. The average molecular weight is 299 g/mol. The fraction of sp³-hybridized carbons (Fsp3) is 0.714. The molecule has 0 aliphatic carbocycles. The number of carbonyl (C=O) groups is 1. The Kier molecular flexibility index (Phi) is 3.27. The van der Waals surface area contributed by atoms with Gasteiger partial charge in [0.05, 0.1) is 17.7 Å². The summed E-state index contributed by atoms with van der Waals surface area (Å²) >= 11 is 0. The number of alkyl halides is 2. The van der Waals surface area contributed by atoms with Gasteiger partial charge in [-0.05, 0) is 20.3 Å². The van der Waals surface area contributed by atoms with Crippen molar-refractivity contribution in [1.29, 1.82) is 0 Å². The molecule has 0 bridgehead atoms. The van der Waals surface area contributed by atoms with E-state index in [9.17, 15) is 13.6 Å². The third-order valence-corrected chi connectivity index (χ3v) is 4.51. The number of halogens is 2. The second-order valence-corrected chi connectivity index (χ2v) is 6.27. The van der Waals surface area contributed by atoms with E-state index in [1.165, 1.54) is 0 Å². The molecular formula is C14H19F2N3O2. The summed E-state index contributed by atoms with van der Waals surface area (Å²) < 4.78 is 33.3. The fourth-order valence-corrected chi connectivity index (χ4v) is 3.52. The molecule has 1 N–H and O–H groups in total. The number of rotatable bonds is 2. The Morgan fingerprint density at radius 3 is 2.71 bits per heavy atom. The molecule has 116 valence electrons. The first-order valence-electron chi connectivity index (χ1n) is 7.12. The number of carbonyl (C=O) groups excluding carboxylic acids is 1. The minimum atomic E-state index is -2.85. The van der Waals surface area contributed by atoms with Gasteiger partial charge >= 0.3 is 0 Å². The van der Waals surface area contributed by atoms with Crippen LogP contribution >= 0.6 is 0 Å². The van der Waals surface area contributed by atoms with Crippen LogP contribution in [0.2, 0.25) is 0 Å². The monoisotopic (exact) mass is 299 g/mol. The maximum Gasteiger partial charge on any atom is 0.261 e. The Labute approximate surface area is 121 Å². The van der Waals surface area contributed by atoms with Gasteiger partial charge in [0.25, 0.3) is 5.92 Å². The fourth-order valence-electron chi connectivity index (χ4n) is 3.52. The molecule has 21 heavy (non-hydrogen) atoms. The number of likely N-dealkylation sites (tertiary alicyclic amines) is 1. The van der Waals surface area contributed by atoms with Gasteiger partial charge in [0.2, 0.25) is 5.91 Å². The molecule has 2 fully saturated rings. The van der Waals surface area contributed by atoms with Gasteiger partial charge in [-0.25, -0.2) is 8.78 Å². The van der Waals surface area contributed by atoms with Crippen molar-refractivity contribution >= 4 is 5.91 Å². The van der Waals surface area contributed by atoms with Crippen LogP contribution in [0.3, 0.4) is 0 Å². The van der Waals surface area contributed by atoms with E-state index in [-0.39, 0.29) is 18.9 Å². The second kappa shape index (κ2) is 4.76. The van der Waals surface area contributed by atoms with Gasteiger partial charge in [0.1, 0.15) is 5.76 Å². The smallest absolute Gasteiger partial charge is 0.261 e. The first-order chi connectivity index (χ1) is 9.81. The lowest BCUT2D eigenvalue weighted by Crippen LogP contribution is -2.55. The van der Waals surface area contributed by atoms with Crippen molar-refractivity contribution in [3.05, 3.63) is 17.0 Å². The lowest BCUT2D eigenvalue weighted by atomic mass is 9.77. The Balaban J connectivity index is 1.84. The Morgan fingerprint density at radius 1 is 1.38 bits per heavy atom. The summed E-state index contributed by atoms with van der Waals surface area (Å²) in [6.07, 6.45) is 0.115. The summed E-state index contributed by atoms with van der Waals surface area (Å²) in [5.41, 5.74) is 0.591. The minimum absolute atomic E-state index is 0.245. The van der Waals surface area contributed by atoms with E-state index in [1.807, 2.05) is 0 Å². The van der Waals surface area contributed by atoms with Crippen LogP contribution in [0, 0.1) is 19.3 Å². The molecule has 3 heterocycles. The maximum absolute atomic E-state index is 14.1. The Hall–Kier alpha value is -1.50. The second-order valence-electron chi connectivity index (χ2n) is 6.27. The number of aryl methyl sites for hydroxylation is 2. The zero-order valence-corrected chi connectivity index (χ0v) is 12.2. The molecule has 1 atom stereocenters. The van der Waals surface area contributed by atoms with Crippen LogP contribution < -0.4 is 5.32 Å². The van der Waals surface area contributed by atoms with Crippen LogP contribution in [-0.4, -0.2) is 41.5 Å². The van der Waals surface area contributed by atoms with Crippen LogP contribution in [0.15, 0.2) is 4.52 Å². The van der Waals surface area contributed by atoms with E-state index in [0.29, 0.717) is 37.5 Å². The normalized spacial score (nSPS) is 29.0. The lowest BCUT2D eigenvalue weighted by molar-refractivity contribution is -0.149. The van der Waals surface area contributed by atoms with E-state index in [0.717, 1.165) is 5.56 Å². The van der Waals surface area contributed by atoms with E-state index >= 15 is 0 Å². The summed E-state index contributed by atoms with van der Waals surface area (Å²) in [4.78, 5) is 13.7. The SMILES string of the molecule is Cc1noc(C)c1CN1CC(F)(F)CC2(CCNC2=O)C1. The third kappa shape index (κ3) is 2.54. The highest BCUT2D eigenvalue weighted by Gasteiger charge is 2.54. The quantitative estimate of drug-likeness (QED) is 0.902. The van der Waals surface area contributed by atoms with Gasteiger partial charge in [-0.1, -0.05) is 5.16 Å². The number of hydrogen-bond acceptors (Lipinski definition) is 4. The van der Waals surface area contributed by atoms with Crippen molar-refractivity contribution in [2.45, 2.75) is 39.2 Å². The molecule has 2 aliphatic heterocycles. The first-order valence-corrected chi connectivity index (χ1v) is 7.12. The van der Waals surface area contributed by atoms with E-state index < -0.39 is 11.3 Å². The highest BCUT2D eigenvalue weighted by molar-refractivity contribution is 5.85. The summed E-state index contributed by atoms with van der Waals surface area (Å²) in [6, 6.07) is 0. The molecule has 1 amide bonds. The van der Waals surface area contributed by atoms with Crippen LogP contribution in [0.5, 0.6) is 0 Å². The molecule has 2 saturated heterocycles. The van der Waals surface area contributed by atoms with Crippen molar-refractivity contribution in [1.82, 2.24) is 15.4 Å². The van der Waals surface area contributed by atoms with Crippen LogP contribution in [0.4, 0.5) is 8.78 Å². The number of aromatic nitrogens is 1. The van der Waals surface area contributed by atoms with Crippen molar-refractivity contribution in [2.75, 3.05) is 19.6 Å². The summed E-state index contributed by atoms with van der Waals surface area (Å²) in [7, 11) is 0. The molecule has 3 rings (SSSR count). The predicted molar refractivity (Wildman–Crippen MR) is 70.9 cm³/mol. The number of amides is 1. The number of piperidine rings is 1. The standard InChI is InChI=1S/C14H19F2N3O2/c1-9-11(10(2)21-18-9)5-19-7-13(3-4-17-12(13)20)6-14(15,16)8-19/h3-8H2,1-2H3,(H,17,20). The van der Waals surface area contributed by atoms with Gasteiger partial charge in [-0.3, -0.25) is 9.69 Å². The topological polar surface area (TPSA) is 58.4 Å². The zero-order valence-electron chi connectivity index (χ0n) is 12.2. The maximum atomic E-state index is 14.1. The van der Waals surface area contributed by atoms with Crippen molar-refractivity contribution in [2.24, 2.45) is 5.41 Å². The molecule has 1 aromatic heterocycles. The van der Waals surface area contributed by atoms with Crippen molar-refractivity contribution < 1.29 is 18.1 Å². The van der Waals surface area contributed by atoms with E-state index in [1.54, 1.807) is 18.7 Å². The largest absolute Gasteiger partial charge is 0.361 e. The predicted octanol–water partition coefficient (Wildman–Crippen LogP) is 1.64. The van der Waals surface area contributed by atoms with Gasteiger partial charge < -0.3 is 9.84 Å². The number of nitrogens with zero attached hydrogens (tertiary/aromatic N) is 2. The number of hydrogen-bond donors (Lipinski definition) is 1. The molecule has 0 saturated carbocycles. The molecule has 2 aliphatic rings. The zero-order chi connectivity index (χ0) is 15.3. The van der Waals surface area contributed by atoms with Crippen LogP contribution in [0.25, 0.3) is 0 Å². The van der Waals surface area contributed by atoms with Crippen LogP contribution in [-0.2, 0) is 11.3 Å².